The molecule has 1 saturated heterocycles. The van der Waals surface area contributed by atoms with Crippen LogP contribution in [-0.4, -0.2) is 30.1 Å². The monoisotopic (exact) mass is 302 g/mol. The summed E-state index contributed by atoms with van der Waals surface area (Å²) < 4.78 is 13.0. The summed E-state index contributed by atoms with van der Waals surface area (Å²) in [5, 5.41) is 15.7. The van der Waals surface area contributed by atoms with Crippen LogP contribution in [0.3, 0.4) is 0 Å². The molecule has 0 saturated carbocycles. The van der Waals surface area contributed by atoms with Gasteiger partial charge in [0.2, 0.25) is 5.91 Å². The molecular weight excluding hydrogens is 283 g/mol. The normalized spacial score (nSPS) is 19.8. The average Bonchev–Trinajstić information content (AvgIpc) is 2.45. The van der Waals surface area contributed by atoms with Gasteiger partial charge in [-0.2, -0.15) is 0 Å². The van der Waals surface area contributed by atoms with Gasteiger partial charge in [-0.3, -0.25) is 4.79 Å². The van der Waals surface area contributed by atoms with Crippen LogP contribution in [0.15, 0.2) is 24.3 Å². The number of hydrogen-bond donors (Lipinski definition) is 3. The number of aliphatic hydroxyl groups excluding tert-OH is 1. The summed E-state index contributed by atoms with van der Waals surface area (Å²) in [4.78, 5) is 11.8. The Morgan fingerprint density at radius 2 is 2.30 bits per heavy atom. The van der Waals surface area contributed by atoms with Crippen molar-refractivity contribution in [2.45, 2.75) is 31.4 Å². The lowest BCUT2D eigenvalue weighted by molar-refractivity contribution is -0.124. The van der Waals surface area contributed by atoms with Crippen LogP contribution in [0.4, 0.5) is 4.39 Å². The number of nitrogens with one attached hydrogen (secondary N) is 2. The van der Waals surface area contributed by atoms with E-state index < -0.39 is 11.9 Å². The molecule has 6 heteroatoms. The van der Waals surface area contributed by atoms with E-state index in [0.717, 1.165) is 25.8 Å². The molecule has 1 heterocycles. The Hall–Kier alpha value is -1.17. The highest BCUT2D eigenvalue weighted by Gasteiger charge is 2.21. The van der Waals surface area contributed by atoms with Crippen molar-refractivity contribution in [2.24, 2.45) is 0 Å². The largest absolute Gasteiger partial charge is 0.387 e. The van der Waals surface area contributed by atoms with E-state index in [1.165, 1.54) is 12.1 Å². The van der Waals surface area contributed by atoms with Gasteiger partial charge >= 0.3 is 0 Å². The van der Waals surface area contributed by atoms with Gasteiger partial charge in [-0.15, -0.1) is 12.4 Å². The fourth-order valence-electron chi connectivity index (χ4n) is 2.23. The number of rotatable bonds is 4. The molecule has 20 heavy (non-hydrogen) atoms. The van der Waals surface area contributed by atoms with Crippen molar-refractivity contribution >= 4 is 18.3 Å². The molecule has 112 valence electrons. The molecule has 4 nitrogen and oxygen atoms in total. The predicted octanol–water partition coefficient (Wildman–Crippen LogP) is 1.54. The van der Waals surface area contributed by atoms with E-state index in [1.54, 1.807) is 12.1 Å². The van der Waals surface area contributed by atoms with Crippen LogP contribution >= 0.6 is 12.4 Å². The Kier molecular flexibility index (Phi) is 6.91. The van der Waals surface area contributed by atoms with Gasteiger partial charge in [0.05, 0.1) is 12.1 Å². The highest BCUT2D eigenvalue weighted by molar-refractivity contribution is 5.85. The molecule has 1 aliphatic rings. The van der Waals surface area contributed by atoms with Crippen molar-refractivity contribution in [2.75, 3.05) is 13.1 Å². The molecule has 2 unspecified atom stereocenters. The van der Waals surface area contributed by atoms with Crippen molar-refractivity contribution < 1.29 is 14.3 Å². The number of piperidine rings is 1. The Labute approximate surface area is 124 Å². The Balaban J connectivity index is 0.00000200. The maximum atomic E-state index is 13.0. The Bertz CT molecular complexity index is 439. The van der Waals surface area contributed by atoms with Crippen molar-refractivity contribution in [3.63, 3.8) is 0 Å². The number of benzene rings is 1. The number of carbonyl (C=O) groups excluding carboxylic acids is 1. The standard InChI is InChI=1S/C14H19FN2O2.ClH/c15-11-5-3-4-10(8-11)13(18)9-17-14(19)12-6-1-2-7-16-12;/h3-5,8,12-13,16,18H,1-2,6-7,9H2,(H,17,19);1H. The van der Waals surface area contributed by atoms with Gasteiger partial charge in [-0.25, -0.2) is 4.39 Å². The summed E-state index contributed by atoms with van der Waals surface area (Å²) >= 11 is 0. The maximum absolute atomic E-state index is 13.0. The van der Waals surface area contributed by atoms with Gasteiger partial charge in [-0.1, -0.05) is 18.6 Å². The molecule has 2 atom stereocenters. The SMILES string of the molecule is Cl.O=C(NCC(O)c1cccc(F)c1)C1CCCCN1. The molecule has 0 aromatic heterocycles. The molecular formula is C14H20ClFN2O2. The minimum absolute atomic E-state index is 0. The van der Waals surface area contributed by atoms with Crippen LogP contribution in [0.25, 0.3) is 0 Å². The third kappa shape index (κ3) is 4.74. The average molecular weight is 303 g/mol. The van der Waals surface area contributed by atoms with E-state index in [-0.39, 0.29) is 30.9 Å². The second kappa shape index (κ2) is 8.19. The van der Waals surface area contributed by atoms with Crippen LogP contribution in [0.2, 0.25) is 0 Å². The first kappa shape index (κ1) is 16.9. The smallest absolute Gasteiger partial charge is 0.237 e. The van der Waals surface area contributed by atoms with Crippen molar-refractivity contribution in [1.29, 1.82) is 0 Å². The third-order valence-electron chi connectivity index (χ3n) is 3.33. The zero-order chi connectivity index (χ0) is 13.7. The van der Waals surface area contributed by atoms with E-state index in [2.05, 4.69) is 10.6 Å². The summed E-state index contributed by atoms with van der Waals surface area (Å²) in [6, 6.07) is 5.60. The summed E-state index contributed by atoms with van der Waals surface area (Å²) in [5.74, 6) is -0.494. The fourth-order valence-corrected chi connectivity index (χ4v) is 2.23. The molecule has 0 spiro atoms. The highest BCUT2D eigenvalue weighted by atomic mass is 35.5. The lowest BCUT2D eigenvalue weighted by atomic mass is 10.0. The van der Waals surface area contributed by atoms with Crippen LogP contribution in [0, 0.1) is 5.82 Å². The second-order valence-electron chi connectivity index (χ2n) is 4.82. The molecule has 1 amide bonds. The third-order valence-corrected chi connectivity index (χ3v) is 3.33. The van der Waals surface area contributed by atoms with Gasteiger partial charge in [0.15, 0.2) is 0 Å². The van der Waals surface area contributed by atoms with Gasteiger partial charge < -0.3 is 15.7 Å². The number of aliphatic hydroxyl groups is 1. The topological polar surface area (TPSA) is 61.4 Å². The zero-order valence-corrected chi connectivity index (χ0v) is 12.0. The summed E-state index contributed by atoms with van der Waals surface area (Å²) in [6.07, 6.45) is 2.07. The minimum Gasteiger partial charge on any atom is -0.387 e. The first-order valence-electron chi connectivity index (χ1n) is 6.61. The lowest BCUT2D eigenvalue weighted by Crippen LogP contribution is -2.47. The first-order chi connectivity index (χ1) is 9.16. The molecule has 2 rings (SSSR count). The van der Waals surface area contributed by atoms with Crippen LogP contribution < -0.4 is 10.6 Å². The van der Waals surface area contributed by atoms with Crippen LogP contribution in [-0.2, 0) is 4.79 Å². The number of hydrogen-bond acceptors (Lipinski definition) is 3. The van der Waals surface area contributed by atoms with Crippen LogP contribution in [0.1, 0.15) is 30.9 Å². The van der Waals surface area contributed by atoms with Gasteiger partial charge in [-0.05, 0) is 37.1 Å². The van der Waals surface area contributed by atoms with Crippen molar-refractivity contribution in [3.05, 3.63) is 35.6 Å². The number of amides is 1. The van der Waals surface area contributed by atoms with E-state index in [0.29, 0.717) is 5.56 Å². The highest BCUT2D eigenvalue weighted by Crippen LogP contribution is 2.13. The van der Waals surface area contributed by atoms with Gasteiger partial charge in [0.25, 0.3) is 0 Å². The van der Waals surface area contributed by atoms with Crippen molar-refractivity contribution in [1.82, 2.24) is 10.6 Å². The molecule has 1 aliphatic heterocycles. The van der Waals surface area contributed by atoms with Crippen LogP contribution in [0.5, 0.6) is 0 Å². The Morgan fingerprint density at radius 3 is 2.95 bits per heavy atom. The maximum Gasteiger partial charge on any atom is 0.237 e. The molecule has 1 aromatic carbocycles. The van der Waals surface area contributed by atoms with Gasteiger partial charge in [0.1, 0.15) is 5.82 Å². The number of carbonyl (C=O) groups is 1. The second-order valence-corrected chi connectivity index (χ2v) is 4.82. The van der Waals surface area contributed by atoms with Crippen molar-refractivity contribution in [3.8, 4) is 0 Å². The molecule has 0 bridgehead atoms. The molecule has 0 aliphatic carbocycles. The lowest BCUT2D eigenvalue weighted by Gasteiger charge is -2.23. The van der Waals surface area contributed by atoms with E-state index in [1.807, 2.05) is 0 Å². The molecule has 3 N–H and O–H groups in total. The van der Waals surface area contributed by atoms with Gasteiger partial charge in [0, 0.05) is 6.54 Å². The summed E-state index contributed by atoms with van der Waals surface area (Å²) in [6.45, 7) is 0.949. The number of halogens is 2. The minimum atomic E-state index is -0.886. The zero-order valence-electron chi connectivity index (χ0n) is 11.1. The quantitative estimate of drug-likeness (QED) is 0.790. The molecule has 1 aromatic rings. The van der Waals surface area contributed by atoms with E-state index in [9.17, 15) is 14.3 Å². The fraction of sp³-hybridized carbons (Fsp3) is 0.500. The van der Waals surface area contributed by atoms with E-state index in [4.69, 9.17) is 0 Å². The summed E-state index contributed by atoms with van der Waals surface area (Å²) in [5.41, 5.74) is 0.469. The summed E-state index contributed by atoms with van der Waals surface area (Å²) in [7, 11) is 0. The first-order valence-corrected chi connectivity index (χ1v) is 6.61. The molecule has 0 radical (unpaired) electrons. The van der Waals surface area contributed by atoms with E-state index >= 15 is 0 Å². The Morgan fingerprint density at radius 1 is 1.50 bits per heavy atom. The molecule has 1 fully saturated rings. The predicted molar refractivity (Wildman–Crippen MR) is 77.3 cm³/mol.